The number of carbonyl (C=O) groups excluding carboxylic acids is 3. The summed E-state index contributed by atoms with van der Waals surface area (Å²) in [6.45, 7) is 15.4. The van der Waals surface area contributed by atoms with Gasteiger partial charge in [0.15, 0.2) is 0 Å². The molecule has 1 amide bonds. The van der Waals surface area contributed by atoms with E-state index in [1.165, 1.54) is 38.9 Å². The lowest BCUT2D eigenvalue weighted by molar-refractivity contribution is -0.138. The fourth-order valence-electron chi connectivity index (χ4n) is 2.15. The fraction of sp³-hybridized carbons (Fsp3) is 0.591. The van der Waals surface area contributed by atoms with Crippen LogP contribution in [0.2, 0.25) is 0 Å². The number of amides is 1. The van der Waals surface area contributed by atoms with Gasteiger partial charge in [-0.25, -0.2) is 9.59 Å². The van der Waals surface area contributed by atoms with Gasteiger partial charge in [-0.3, -0.25) is 4.79 Å². The Kier molecular flexibility index (Phi) is 19.3. The van der Waals surface area contributed by atoms with Crippen LogP contribution in [0.5, 0.6) is 0 Å². The molecule has 1 saturated heterocycles. The molecule has 0 bridgehead atoms. The van der Waals surface area contributed by atoms with E-state index in [2.05, 4.69) is 31.4 Å². The van der Waals surface area contributed by atoms with Gasteiger partial charge in [0, 0.05) is 24.6 Å². The smallest absolute Gasteiger partial charge is 0.332 e. The minimum atomic E-state index is -0.347. The SMILES string of the molecule is C=C(C)C(=O)OC.C=CC(=O)OCCCCCCCC.C=CN1CCCC1=O. The van der Waals surface area contributed by atoms with Crippen molar-refractivity contribution >= 4 is 17.8 Å². The Bertz CT molecular complexity index is 499. The van der Waals surface area contributed by atoms with Crippen molar-refractivity contribution in [3.8, 4) is 0 Å². The van der Waals surface area contributed by atoms with Crippen molar-refractivity contribution in [1.29, 1.82) is 0 Å². The number of esters is 2. The molecule has 1 fully saturated rings. The Morgan fingerprint density at radius 3 is 2.11 bits per heavy atom. The maximum Gasteiger partial charge on any atom is 0.332 e. The number of rotatable bonds is 10. The Balaban J connectivity index is 0. The normalized spacial score (nSPS) is 12.0. The zero-order valence-electron chi connectivity index (χ0n) is 17.8. The van der Waals surface area contributed by atoms with Crippen molar-refractivity contribution in [2.75, 3.05) is 20.3 Å². The Hall–Kier alpha value is -2.37. The Morgan fingerprint density at radius 1 is 1.14 bits per heavy atom. The van der Waals surface area contributed by atoms with Crippen LogP contribution < -0.4 is 0 Å². The molecule has 160 valence electrons. The number of ether oxygens (including phenoxy) is 2. The molecule has 6 heteroatoms. The van der Waals surface area contributed by atoms with Crippen LogP contribution in [0.4, 0.5) is 0 Å². The highest BCUT2D eigenvalue weighted by atomic mass is 16.5. The van der Waals surface area contributed by atoms with Crippen LogP contribution >= 0.6 is 0 Å². The summed E-state index contributed by atoms with van der Waals surface area (Å²) in [5.41, 5.74) is 0.433. The van der Waals surface area contributed by atoms with E-state index in [-0.39, 0.29) is 17.8 Å². The van der Waals surface area contributed by atoms with Crippen molar-refractivity contribution in [3.05, 3.63) is 37.6 Å². The molecule has 28 heavy (non-hydrogen) atoms. The van der Waals surface area contributed by atoms with E-state index in [1.807, 2.05) is 0 Å². The predicted octanol–water partition coefficient (Wildman–Crippen LogP) is 4.56. The summed E-state index contributed by atoms with van der Waals surface area (Å²) in [6.07, 6.45) is 11.8. The van der Waals surface area contributed by atoms with Crippen molar-refractivity contribution in [3.63, 3.8) is 0 Å². The molecule has 0 aromatic carbocycles. The quantitative estimate of drug-likeness (QED) is 0.308. The molecular weight excluding hydrogens is 358 g/mol. The van der Waals surface area contributed by atoms with Crippen LogP contribution in [0.15, 0.2) is 37.6 Å². The third-order valence-electron chi connectivity index (χ3n) is 3.77. The van der Waals surface area contributed by atoms with Crippen molar-refractivity contribution in [1.82, 2.24) is 4.90 Å². The first-order chi connectivity index (χ1) is 13.3. The van der Waals surface area contributed by atoms with E-state index in [9.17, 15) is 14.4 Å². The summed E-state index contributed by atoms with van der Waals surface area (Å²) in [5.74, 6) is -0.450. The lowest BCUT2D eigenvalue weighted by atomic mass is 10.1. The summed E-state index contributed by atoms with van der Waals surface area (Å²) < 4.78 is 9.11. The van der Waals surface area contributed by atoms with Crippen LogP contribution in [-0.2, 0) is 23.9 Å². The van der Waals surface area contributed by atoms with E-state index in [4.69, 9.17) is 4.74 Å². The number of hydrogen-bond donors (Lipinski definition) is 0. The molecule has 1 heterocycles. The molecule has 1 aliphatic rings. The molecule has 0 radical (unpaired) electrons. The molecule has 0 aliphatic carbocycles. The first kappa shape index (κ1) is 27.8. The highest BCUT2D eigenvalue weighted by Gasteiger charge is 2.16. The van der Waals surface area contributed by atoms with Crippen molar-refractivity contribution < 1.29 is 23.9 Å². The fourth-order valence-corrected chi connectivity index (χ4v) is 2.15. The minimum Gasteiger partial charge on any atom is -0.466 e. The maximum absolute atomic E-state index is 10.7. The topological polar surface area (TPSA) is 72.9 Å². The number of likely N-dealkylation sites (tertiary alicyclic amines) is 1. The highest BCUT2D eigenvalue weighted by molar-refractivity contribution is 5.86. The van der Waals surface area contributed by atoms with Crippen LogP contribution in [0.1, 0.15) is 65.2 Å². The third kappa shape index (κ3) is 17.1. The zero-order chi connectivity index (χ0) is 21.8. The molecule has 0 atom stereocenters. The molecule has 0 aromatic rings. The van der Waals surface area contributed by atoms with Gasteiger partial charge in [-0.05, 0) is 26.0 Å². The molecule has 6 nitrogen and oxygen atoms in total. The first-order valence-electron chi connectivity index (χ1n) is 9.78. The van der Waals surface area contributed by atoms with Gasteiger partial charge in [0.1, 0.15) is 0 Å². The summed E-state index contributed by atoms with van der Waals surface area (Å²) in [5, 5.41) is 0. The van der Waals surface area contributed by atoms with Crippen LogP contribution in [-0.4, -0.2) is 43.0 Å². The number of carbonyl (C=O) groups is 3. The predicted molar refractivity (Wildman–Crippen MR) is 113 cm³/mol. The van der Waals surface area contributed by atoms with E-state index >= 15 is 0 Å². The molecular formula is C22H37NO5. The lowest BCUT2D eigenvalue weighted by Gasteiger charge is -2.05. The van der Waals surface area contributed by atoms with Gasteiger partial charge in [0.25, 0.3) is 0 Å². The van der Waals surface area contributed by atoms with E-state index in [0.29, 0.717) is 18.6 Å². The monoisotopic (exact) mass is 395 g/mol. The van der Waals surface area contributed by atoms with Crippen LogP contribution in [0, 0.1) is 0 Å². The number of unbranched alkanes of at least 4 members (excludes halogenated alkanes) is 5. The first-order valence-corrected chi connectivity index (χ1v) is 9.78. The molecule has 0 saturated carbocycles. The lowest BCUT2D eigenvalue weighted by Crippen LogP contribution is -2.16. The maximum atomic E-state index is 10.7. The molecule has 1 rings (SSSR count). The highest BCUT2D eigenvalue weighted by Crippen LogP contribution is 2.08. The summed E-state index contributed by atoms with van der Waals surface area (Å²) >= 11 is 0. The standard InChI is InChI=1S/C11H20O2.C6H9NO.C5H8O2/c1-3-5-6-7-8-9-10-13-11(12)4-2;1-2-7-5-3-4-6(7)8;1-4(2)5(6)7-3/h4H,2-3,5-10H2,1H3;2H,1,3-5H2;1H2,2-3H3. The van der Waals surface area contributed by atoms with Gasteiger partial charge in [-0.15, -0.1) is 0 Å². The number of hydrogen-bond acceptors (Lipinski definition) is 5. The Labute approximate surface area is 170 Å². The number of nitrogens with zero attached hydrogens (tertiary/aromatic N) is 1. The molecule has 0 spiro atoms. The second kappa shape index (κ2) is 19.4. The van der Waals surface area contributed by atoms with Gasteiger partial charge < -0.3 is 14.4 Å². The Morgan fingerprint density at radius 2 is 1.75 bits per heavy atom. The average molecular weight is 396 g/mol. The largest absolute Gasteiger partial charge is 0.466 e. The summed E-state index contributed by atoms with van der Waals surface area (Å²) in [4.78, 5) is 33.1. The third-order valence-corrected chi connectivity index (χ3v) is 3.77. The van der Waals surface area contributed by atoms with Gasteiger partial charge in [-0.1, -0.05) is 58.8 Å². The summed E-state index contributed by atoms with van der Waals surface area (Å²) in [7, 11) is 1.33. The summed E-state index contributed by atoms with van der Waals surface area (Å²) in [6, 6.07) is 0. The molecule has 0 unspecified atom stereocenters. The second-order valence-electron chi connectivity index (χ2n) is 6.28. The van der Waals surface area contributed by atoms with Crippen molar-refractivity contribution in [2.45, 2.75) is 65.2 Å². The van der Waals surface area contributed by atoms with E-state index < -0.39 is 0 Å². The van der Waals surface area contributed by atoms with Crippen LogP contribution in [0.25, 0.3) is 0 Å². The van der Waals surface area contributed by atoms with Gasteiger partial charge in [0.05, 0.1) is 13.7 Å². The minimum absolute atomic E-state index is 0.208. The zero-order valence-corrected chi connectivity index (χ0v) is 17.8. The van der Waals surface area contributed by atoms with Gasteiger partial charge in [0.2, 0.25) is 5.91 Å². The van der Waals surface area contributed by atoms with E-state index in [0.717, 1.165) is 25.8 Å². The molecule has 1 aliphatic heterocycles. The molecule has 0 aromatic heterocycles. The average Bonchev–Trinajstić information content (AvgIpc) is 3.12. The van der Waals surface area contributed by atoms with Gasteiger partial charge in [-0.2, -0.15) is 0 Å². The number of methoxy groups -OCH3 is 1. The van der Waals surface area contributed by atoms with Crippen molar-refractivity contribution in [2.24, 2.45) is 0 Å². The molecule has 0 N–H and O–H groups in total. The van der Waals surface area contributed by atoms with Gasteiger partial charge >= 0.3 is 11.9 Å². The van der Waals surface area contributed by atoms with Crippen LogP contribution in [0.3, 0.4) is 0 Å². The van der Waals surface area contributed by atoms with E-state index in [1.54, 1.807) is 18.0 Å². The second-order valence-corrected chi connectivity index (χ2v) is 6.28.